The normalized spacial score (nSPS) is 9.93. The van der Waals surface area contributed by atoms with Crippen molar-refractivity contribution >= 4 is 5.97 Å². The van der Waals surface area contributed by atoms with Crippen molar-refractivity contribution in [1.82, 2.24) is 0 Å². The number of carbonyl (C=O) groups is 1. The van der Waals surface area contributed by atoms with Gasteiger partial charge < -0.3 is 9.47 Å². The molecule has 0 saturated heterocycles. The number of esters is 1. The summed E-state index contributed by atoms with van der Waals surface area (Å²) in [6.45, 7) is 0.136. The minimum atomic E-state index is -0.484. The predicted molar refractivity (Wildman–Crippen MR) is 48.5 cm³/mol. The summed E-state index contributed by atoms with van der Waals surface area (Å²) in [5, 5.41) is 0. The highest BCUT2D eigenvalue weighted by Crippen LogP contribution is 2.12. The maximum Gasteiger partial charge on any atom is 0.337 e. The van der Waals surface area contributed by atoms with Gasteiger partial charge in [-0.25, -0.2) is 9.18 Å². The second kappa shape index (κ2) is 4.72. The predicted octanol–water partition coefficient (Wildman–Crippen LogP) is 1.76. The van der Waals surface area contributed by atoms with Gasteiger partial charge in [0.2, 0.25) is 0 Å². The fourth-order valence-electron chi connectivity index (χ4n) is 1.09. The van der Waals surface area contributed by atoms with Crippen molar-refractivity contribution in [3.05, 3.63) is 35.1 Å². The summed E-state index contributed by atoms with van der Waals surface area (Å²) < 4.78 is 22.4. The highest BCUT2D eigenvalue weighted by molar-refractivity contribution is 5.89. The quantitative estimate of drug-likeness (QED) is 0.694. The number of hydrogen-bond acceptors (Lipinski definition) is 3. The Hall–Kier alpha value is -1.42. The van der Waals surface area contributed by atoms with Crippen LogP contribution >= 0.6 is 0 Å². The van der Waals surface area contributed by atoms with Crippen molar-refractivity contribution in [2.75, 3.05) is 14.2 Å². The molecular weight excluding hydrogens is 187 g/mol. The molecule has 0 fully saturated rings. The molecule has 1 aromatic rings. The van der Waals surface area contributed by atoms with E-state index in [0.717, 1.165) is 0 Å². The minimum Gasteiger partial charge on any atom is -0.465 e. The second-order valence-electron chi connectivity index (χ2n) is 2.73. The molecule has 0 amide bonds. The Kier molecular flexibility index (Phi) is 3.59. The van der Waals surface area contributed by atoms with E-state index < -0.39 is 5.97 Å². The lowest BCUT2D eigenvalue weighted by atomic mass is 10.1. The lowest BCUT2D eigenvalue weighted by Crippen LogP contribution is -2.03. The highest BCUT2D eigenvalue weighted by Gasteiger charge is 2.09. The number of rotatable bonds is 3. The Balaban J connectivity index is 2.99. The van der Waals surface area contributed by atoms with Crippen LogP contribution in [0.2, 0.25) is 0 Å². The molecule has 1 aromatic carbocycles. The Morgan fingerprint density at radius 2 is 2.14 bits per heavy atom. The van der Waals surface area contributed by atoms with Gasteiger partial charge in [0.05, 0.1) is 19.3 Å². The van der Waals surface area contributed by atoms with Gasteiger partial charge in [-0.2, -0.15) is 0 Å². The summed E-state index contributed by atoms with van der Waals surface area (Å²) in [5.41, 5.74) is 0.663. The molecule has 1 rings (SSSR count). The van der Waals surface area contributed by atoms with Crippen molar-refractivity contribution in [2.45, 2.75) is 6.61 Å². The summed E-state index contributed by atoms with van der Waals surface area (Å²) in [4.78, 5) is 11.1. The van der Waals surface area contributed by atoms with E-state index in [9.17, 15) is 9.18 Å². The van der Waals surface area contributed by atoms with Crippen molar-refractivity contribution in [2.24, 2.45) is 0 Å². The van der Waals surface area contributed by atoms with Crippen LogP contribution < -0.4 is 0 Å². The fraction of sp³-hybridized carbons (Fsp3) is 0.300. The third kappa shape index (κ3) is 2.29. The molecular formula is C10H11FO3. The van der Waals surface area contributed by atoms with Gasteiger partial charge in [0.25, 0.3) is 0 Å². The summed E-state index contributed by atoms with van der Waals surface area (Å²) >= 11 is 0. The Morgan fingerprint density at radius 3 is 2.71 bits per heavy atom. The van der Waals surface area contributed by atoms with E-state index in [4.69, 9.17) is 4.74 Å². The van der Waals surface area contributed by atoms with Gasteiger partial charge in [-0.3, -0.25) is 0 Å². The van der Waals surface area contributed by atoms with E-state index >= 15 is 0 Å². The molecule has 0 unspecified atom stereocenters. The van der Waals surface area contributed by atoms with Crippen LogP contribution in [0.1, 0.15) is 15.9 Å². The summed E-state index contributed by atoms with van der Waals surface area (Å²) in [6, 6.07) is 4.02. The lowest BCUT2D eigenvalue weighted by molar-refractivity contribution is 0.0600. The highest BCUT2D eigenvalue weighted by atomic mass is 19.1. The van der Waals surface area contributed by atoms with E-state index in [0.29, 0.717) is 11.1 Å². The maximum atomic E-state index is 13.1. The topological polar surface area (TPSA) is 35.5 Å². The van der Waals surface area contributed by atoms with Crippen molar-refractivity contribution in [3.8, 4) is 0 Å². The molecule has 0 aliphatic carbocycles. The summed E-state index contributed by atoms with van der Waals surface area (Å²) in [7, 11) is 2.74. The van der Waals surface area contributed by atoms with Crippen LogP contribution in [0.15, 0.2) is 18.2 Å². The number of methoxy groups -OCH3 is 2. The third-order valence-electron chi connectivity index (χ3n) is 1.77. The molecule has 0 radical (unpaired) electrons. The summed E-state index contributed by atoms with van der Waals surface area (Å²) in [6.07, 6.45) is 0. The van der Waals surface area contributed by atoms with Gasteiger partial charge in [0.1, 0.15) is 5.82 Å². The number of carbonyl (C=O) groups excluding carboxylic acids is 1. The van der Waals surface area contributed by atoms with Crippen molar-refractivity contribution < 1.29 is 18.7 Å². The van der Waals surface area contributed by atoms with E-state index in [1.807, 2.05) is 0 Å². The number of hydrogen-bond donors (Lipinski definition) is 0. The molecule has 0 heterocycles. The first-order chi connectivity index (χ1) is 6.69. The first-order valence-corrected chi connectivity index (χ1v) is 4.04. The van der Waals surface area contributed by atoms with Crippen LogP contribution in [-0.2, 0) is 16.1 Å². The zero-order chi connectivity index (χ0) is 10.6. The molecule has 0 N–H and O–H groups in total. The average Bonchev–Trinajstić information content (AvgIpc) is 2.20. The Morgan fingerprint density at radius 1 is 1.43 bits per heavy atom. The minimum absolute atomic E-state index is 0.136. The van der Waals surface area contributed by atoms with Crippen molar-refractivity contribution in [1.29, 1.82) is 0 Å². The molecule has 0 saturated carbocycles. The molecule has 0 spiro atoms. The fourth-order valence-corrected chi connectivity index (χ4v) is 1.09. The molecule has 0 aliphatic heterocycles. The van der Waals surface area contributed by atoms with Crippen LogP contribution in [0.4, 0.5) is 4.39 Å². The van der Waals surface area contributed by atoms with Gasteiger partial charge in [-0.1, -0.05) is 0 Å². The van der Waals surface area contributed by atoms with Gasteiger partial charge in [-0.05, 0) is 18.2 Å². The zero-order valence-corrected chi connectivity index (χ0v) is 8.04. The lowest BCUT2D eigenvalue weighted by Gasteiger charge is -2.04. The molecule has 4 heteroatoms. The van der Waals surface area contributed by atoms with Crippen molar-refractivity contribution in [3.63, 3.8) is 0 Å². The third-order valence-corrected chi connectivity index (χ3v) is 1.77. The van der Waals surface area contributed by atoms with E-state index in [-0.39, 0.29) is 12.4 Å². The van der Waals surface area contributed by atoms with Crippen LogP contribution in [0.5, 0.6) is 0 Å². The molecule has 14 heavy (non-hydrogen) atoms. The monoisotopic (exact) mass is 198 g/mol. The standard InChI is InChI=1S/C10H11FO3/c1-13-6-8-5-7(10(12)14-2)3-4-9(8)11/h3-5H,6H2,1-2H3. The van der Waals surface area contributed by atoms with Crippen LogP contribution in [0.25, 0.3) is 0 Å². The van der Waals surface area contributed by atoms with Gasteiger partial charge in [-0.15, -0.1) is 0 Å². The van der Waals surface area contributed by atoms with Gasteiger partial charge in [0, 0.05) is 12.7 Å². The Bertz CT molecular complexity index is 336. The summed E-state index contributed by atoms with van der Waals surface area (Å²) in [5.74, 6) is -0.873. The smallest absolute Gasteiger partial charge is 0.337 e. The molecule has 0 aliphatic rings. The van der Waals surface area contributed by atoms with Gasteiger partial charge in [0.15, 0.2) is 0 Å². The van der Waals surface area contributed by atoms with Crippen LogP contribution in [0.3, 0.4) is 0 Å². The largest absolute Gasteiger partial charge is 0.465 e. The number of ether oxygens (including phenoxy) is 2. The SMILES string of the molecule is COCc1cc(C(=O)OC)ccc1F. The first kappa shape index (κ1) is 10.7. The average molecular weight is 198 g/mol. The van der Waals surface area contributed by atoms with Crippen LogP contribution in [0, 0.1) is 5.82 Å². The molecule has 76 valence electrons. The number of benzene rings is 1. The molecule has 0 bridgehead atoms. The van der Waals surface area contributed by atoms with E-state index in [2.05, 4.69) is 4.74 Å². The van der Waals surface area contributed by atoms with E-state index in [1.165, 1.54) is 32.4 Å². The first-order valence-electron chi connectivity index (χ1n) is 4.04. The maximum absolute atomic E-state index is 13.1. The van der Waals surface area contributed by atoms with Crippen LogP contribution in [-0.4, -0.2) is 20.2 Å². The van der Waals surface area contributed by atoms with Gasteiger partial charge >= 0.3 is 5.97 Å². The van der Waals surface area contributed by atoms with E-state index in [1.54, 1.807) is 0 Å². The molecule has 3 nitrogen and oxygen atoms in total. The Labute approximate surface area is 81.4 Å². The number of halogens is 1. The molecule has 0 aromatic heterocycles. The zero-order valence-electron chi connectivity index (χ0n) is 8.04. The molecule has 0 atom stereocenters. The second-order valence-corrected chi connectivity index (χ2v) is 2.73.